The van der Waals surface area contributed by atoms with Crippen LogP contribution in [0.5, 0.6) is 5.75 Å². The lowest BCUT2D eigenvalue weighted by molar-refractivity contribution is 0.0693. The number of methoxy groups -OCH3 is 1. The Morgan fingerprint density at radius 2 is 1.80 bits per heavy atom. The van der Waals surface area contributed by atoms with Gasteiger partial charge in [-0.2, -0.15) is 0 Å². The molecule has 0 fully saturated rings. The summed E-state index contributed by atoms with van der Waals surface area (Å²) in [6, 6.07) is 2.89. The number of hydrogen-bond acceptors (Lipinski definition) is 3. The summed E-state index contributed by atoms with van der Waals surface area (Å²) in [6.45, 7) is 0. The molecule has 0 saturated carbocycles. The topological polar surface area (TPSA) is 72.5 Å². The average molecular weight is 252 g/mol. The number of halogens is 2. The molecule has 0 atom stereocenters. The second-order valence-corrected chi connectivity index (χ2v) is 3.06. The highest BCUT2D eigenvalue weighted by Gasteiger charge is 2.17. The minimum atomic E-state index is -1.16. The Kier molecular flexibility index (Phi) is 6.08. The zero-order valence-corrected chi connectivity index (χ0v) is 9.76. The third-order valence-corrected chi connectivity index (χ3v) is 2.09. The zero-order valence-electron chi connectivity index (χ0n) is 8.25. The molecule has 0 aliphatic rings. The molecule has 0 heterocycles. The number of carboxylic acids is 1. The molecule has 0 saturated heterocycles. The van der Waals surface area contributed by atoms with Gasteiger partial charge in [0, 0.05) is 0 Å². The van der Waals surface area contributed by atoms with E-state index in [1.54, 1.807) is 0 Å². The summed E-state index contributed by atoms with van der Waals surface area (Å²) in [5, 5.41) is 9.11. The van der Waals surface area contributed by atoms with Crippen LogP contribution in [0.25, 0.3) is 0 Å². The van der Waals surface area contributed by atoms with Crippen molar-refractivity contribution >= 4 is 29.2 Å². The average Bonchev–Trinajstić information content (AvgIpc) is 2.23. The number of carbonyl (C=O) groups is 1. The first-order valence-corrected chi connectivity index (χ1v) is 4.66. The summed E-state index contributed by atoms with van der Waals surface area (Å²) in [7, 11) is 2.84. The first-order valence-electron chi connectivity index (χ1n) is 3.91. The van der Waals surface area contributed by atoms with Gasteiger partial charge < -0.3 is 15.6 Å². The quantitative estimate of drug-likeness (QED) is 0.846. The molecular formula is C9H11Cl2NO3. The molecule has 1 aromatic rings. The summed E-state index contributed by atoms with van der Waals surface area (Å²) >= 11 is 11.4. The molecule has 0 bridgehead atoms. The maximum absolute atomic E-state index is 10.7. The van der Waals surface area contributed by atoms with E-state index in [0.29, 0.717) is 0 Å². The van der Waals surface area contributed by atoms with Crippen LogP contribution in [0.2, 0.25) is 10.0 Å². The van der Waals surface area contributed by atoms with Crippen molar-refractivity contribution < 1.29 is 14.6 Å². The minimum absolute atomic E-state index is 0.0849. The highest BCUT2D eigenvalue weighted by atomic mass is 35.5. The zero-order chi connectivity index (χ0) is 12.0. The first kappa shape index (κ1) is 14.0. The van der Waals surface area contributed by atoms with E-state index in [1.165, 1.54) is 26.3 Å². The van der Waals surface area contributed by atoms with Gasteiger partial charge in [0.2, 0.25) is 0 Å². The summed E-state index contributed by atoms with van der Waals surface area (Å²) in [5.74, 6) is -1.08. The number of hydrogen-bond donors (Lipinski definition) is 2. The molecule has 0 aliphatic heterocycles. The molecule has 4 nitrogen and oxygen atoms in total. The fourth-order valence-corrected chi connectivity index (χ4v) is 1.40. The molecule has 0 amide bonds. The van der Waals surface area contributed by atoms with Gasteiger partial charge >= 0.3 is 5.97 Å². The smallest absolute Gasteiger partial charge is 0.341 e. The van der Waals surface area contributed by atoms with Crippen molar-refractivity contribution in [2.75, 3.05) is 14.2 Å². The van der Waals surface area contributed by atoms with Gasteiger partial charge in [0.05, 0.1) is 17.2 Å². The van der Waals surface area contributed by atoms with Gasteiger partial charge in [-0.05, 0) is 19.2 Å². The van der Waals surface area contributed by atoms with Crippen molar-refractivity contribution in [2.24, 2.45) is 5.73 Å². The second kappa shape index (κ2) is 6.50. The van der Waals surface area contributed by atoms with Gasteiger partial charge in [0.25, 0.3) is 0 Å². The molecule has 1 aromatic carbocycles. The lowest BCUT2D eigenvalue weighted by Gasteiger charge is -2.07. The molecule has 0 aliphatic carbocycles. The van der Waals surface area contributed by atoms with Crippen molar-refractivity contribution in [3.63, 3.8) is 0 Å². The number of aromatic carboxylic acids is 1. The van der Waals surface area contributed by atoms with Gasteiger partial charge in [-0.25, -0.2) is 4.79 Å². The van der Waals surface area contributed by atoms with E-state index in [2.05, 4.69) is 5.73 Å². The van der Waals surface area contributed by atoms with Crippen LogP contribution in [0.4, 0.5) is 0 Å². The van der Waals surface area contributed by atoms with Gasteiger partial charge in [-0.15, -0.1) is 0 Å². The molecule has 0 radical (unpaired) electrons. The number of carboxylic acid groups (broad SMARTS) is 1. The van der Waals surface area contributed by atoms with Crippen LogP contribution in [-0.2, 0) is 0 Å². The normalized spacial score (nSPS) is 8.87. The molecule has 15 heavy (non-hydrogen) atoms. The van der Waals surface area contributed by atoms with E-state index in [9.17, 15) is 4.79 Å². The molecule has 3 N–H and O–H groups in total. The number of nitrogens with two attached hydrogens (primary N) is 1. The highest BCUT2D eigenvalue weighted by molar-refractivity contribution is 6.36. The van der Waals surface area contributed by atoms with Crippen LogP contribution in [0.1, 0.15) is 10.4 Å². The molecule has 84 valence electrons. The number of benzene rings is 1. The minimum Gasteiger partial charge on any atom is -0.494 e. The van der Waals surface area contributed by atoms with Crippen molar-refractivity contribution in [2.45, 2.75) is 0 Å². The van der Waals surface area contributed by atoms with Gasteiger partial charge in [0.15, 0.2) is 5.75 Å². The van der Waals surface area contributed by atoms with Crippen LogP contribution in [-0.4, -0.2) is 25.2 Å². The predicted molar refractivity (Wildman–Crippen MR) is 60.1 cm³/mol. The van der Waals surface area contributed by atoms with E-state index in [-0.39, 0.29) is 21.4 Å². The number of ether oxygens (including phenoxy) is 1. The highest BCUT2D eigenvalue weighted by Crippen LogP contribution is 2.33. The van der Waals surface area contributed by atoms with Crippen LogP contribution in [0, 0.1) is 0 Å². The fraction of sp³-hybridized carbons (Fsp3) is 0.222. The molecule has 6 heteroatoms. The van der Waals surface area contributed by atoms with E-state index in [1.807, 2.05) is 0 Å². The third kappa shape index (κ3) is 3.27. The Hall–Kier alpha value is -0.970. The molecule has 0 aromatic heterocycles. The Morgan fingerprint density at radius 1 is 1.33 bits per heavy atom. The fourth-order valence-electron chi connectivity index (χ4n) is 0.932. The van der Waals surface area contributed by atoms with Crippen molar-refractivity contribution in [1.29, 1.82) is 0 Å². The van der Waals surface area contributed by atoms with Crippen LogP contribution < -0.4 is 10.5 Å². The van der Waals surface area contributed by atoms with Gasteiger partial charge in [0.1, 0.15) is 5.56 Å². The summed E-state index contributed by atoms with van der Waals surface area (Å²) < 4.78 is 4.82. The standard InChI is InChI=1S/C8H6Cl2O3.CH5N/c1-13-7-5(10)3-2-4(9)6(7)8(11)12;1-2/h2-3H,1H3,(H,11,12);2H2,1H3. The van der Waals surface area contributed by atoms with Crippen LogP contribution in [0.3, 0.4) is 0 Å². The second-order valence-electron chi connectivity index (χ2n) is 2.24. The first-order chi connectivity index (χ1) is 7.07. The maximum atomic E-state index is 10.7. The molecule has 0 unspecified atom stereocenters. The predicted octanol–water partition coefficient (Wildman–Crippen LogP) is 2.28. The monoisotopic (exact) mass is 251 g/mol. The van der Waals surface area contributed by atoms with E-state index < -0.39 is 5.97 Å². The van der Waals surface area contributed by atoms with E-state index in [0.717, 1.165) is 0 Å². The van der Waals surface area contributed by atoms with E-state index >= 15 is 0 Å². The SMILES string of the molecule is CN.COc1c(Cl)ccc(Cl)c1C(=O)O. The lowest BCUT2D eigenvalue weighted by Crippen LogP contribution is -2.01. The van der Waals surface area contributed by atoms with Crippen molar-refractivity contribution in [3.05, 3.63) is 27.7 Å². The Bertz CT molecular complexity index is 355. The van der Waals surface area contributed by atoms with Gasteiger partial charge in [-0.3, -0.25) is 0 Å². The largest absolute Gasteiger partial charge is 0.494 e. The van der Waals surface area contributed by atoms with E-state index in [4.69, 9.17) is 33.0 Å². The molecular weight excluding hydrogens is 241 g/mol. The third-order valence-electron chi connectivity index (χ3n) is 1.48. The van der Waals surface area contributed by atoms with Crippen molar-refractivity contribution in [3.8, 4) is 5.75 Å². The molecule has 1 rings (SSSR count). The Morgan fingerprint density at radius 3 is 2.13 bits per heavy atom. The lowest BCUT2D eigenvalue weighted by atomic mass is 10.2. The number of rotatable bonds is 2. The Balaban J connectivity index is 0.000000921. The maximum Gasteiger partial charge on any atom is 0.341 e. The van der Waals surface area contributed by atoms with Gasteiger partial charge in [-0.1, -0.05) is 23.2 Å². The molecule has 0 spiro atoms. The summed E-state index contributed by atoms with van der Waals surface area (Å²) in [4.78, 5) is 10.7. The summed E-state index contributed by atoms with van der Waals surface area (Å²) in [5.41, 5.74) is 4.39. The Labute approximate surface area is 97.5 Å². The van der Waals surface area contributed by atoms with Crippen LogP contribution in [0.15, 0.2) is 12.1 Å². The van der Waals surface area contributed by atoms with Crippen LogP contribution >= 0.6 is 23.2 Å². The summed E-state index contributed by atoms with van der Waals surface area (Å²) in [6.07, 6.45) is 0. The van der Waals surface area contributed by atoms with Crippen molar-refractivity contribution in [1.82, 2.24) is 0 Å².